The van der Waals surface area contributed by atoms with Crippen LogP contribution in [0.3, 0.4) is 0 Å². The Balaban J connectivity index is 2.77. The molecular weight excluding hydrogens is 288 g/mol. The van der Waals surface area contributed by atoms with Gasteiger partial charge in [-0.05, 0) is 32.0 Å². The monoisotopic (exact) mass is 310 g/mol. The highest BCUT2D eigenvalue weighted by Crippen LogP contribution is 2.25. The largest absolute Gasteiger partial charge is 0.496 e. The molecule has 0 aliphatic rings. The molecule has 0 radical (unpaired) electrons. The quantitative estimate of drug-likeness (QED) is 0.476. The Bertz CT molecular complexity index is 518. The predicted molar refractivity (Wildman–Crippen MR) is 87.3 cm³/mol. The van der Waals surface area contributed by atoms with E-state index in [0.29, 0.717) is 23.1 Å². The van der Waals surface area contributed by atoms with E-state index >= 15 is 0 Å². The Hall–Kier alpha value is -1.53. The van der Waals surface area contributed by atoms with E-state index in [1.165, 1.54) is 11.8 Å². The molecule has 1 atom stereocenters. The van der Waals surface area contributed by atoms with E-state index in [4.69, 9.17) is 15.2 Å². The normalized spacial score (nSPS) is 13.0. The summed E-state index contributed by atoms with van der Waals surface area (Å²) in [5.74, 6) is 1.36. The first-order valence-electron chi connectivity index (χ1n) is 6.60. The number of carbonyl (C=O) groups is 1. The van der Waals surface area contributed by atoms with Crippen LogP contribution < -0.4 is 10.5 Å². The van der Waals surface area contributed by atoms with Crippen LogP contribution >= 0.6 is 11.8 Å². The van der Waals surface area contributed by atoms with Crippen molar-refractivity contribution in [3.63, 3.8) is 0 Å². The third-order valence-corrected chi connectivity index (χ3v) is 3.67. The van der Waals surface area contributed by atoms with E-state index in [2.05, 4.69) is 4.99 Å². The van der Waals surface area contributed by atoms with Gasteiger partial charge in [0.25, 0.3) is 0 Å². The van der Waals surface area contributed by atoms with Crippen molar-refractivity contribution in [3.8, 4) is 5.75 Å². The number of nitrogens with zero attached hydrogens (tertiary/aromatic N) is 1. The molecule has 0 heterocycles. The van der Waals surface area contributed by atoms with Gasteiger partial charge in [-0.3, -0.25) is 9.79 Å². The van der Waals surface area contributed by atoms with Gasteiger partial charge in [0.15, 0.2) is 11.0 Å². The summed E-state index contributed by atoms with van der Waals surface area (Å²) in [7, 11) is 3.24. The fourth-order valence-electron chi connectivity index (χ4n) is 1.80. The summed E-state index contributed by atoms with van der Waals surface area (Å²) in [4.78, 5) is 15.8. The molecule has 0 aliphatic heterocycles. The van der Waals surface area contributed by atoms with E-state index in [1.807, 2.05) is 13.0 Å². The van der Waals surface area contributed by atoms with Crippen molar-refractivity contribution in [1.29, 1.82) is 0 Å². The second-order valence-electron chi connectivity index (χ2n) is 4.64. The first kappa shape index (κ1) is 17.5. The summed E-state index contributed by atoms with van der Waals surface area (Å²) in [6.45, 7) is 4.01. The predicted octanol–water partition coefficient (Wildman–Crippen LogP) is 2.48. The van der Waals surface area contributed by atoms with E-state index < -0.39 is 0 Å². The zero-order valence-electron chi connectivity index (χ0n) is 12.9. The molecule has 0 fully saturated rings. The number of Topliss-reactive ketones (excluding diaryl/α,β-unsaturated/α-hetero) is 1. The standard InChI is InChI=1S/C15H22N2O3S/c1-10(8-19-3)17-15(16)21-9-13-7-12(11(2)18)5-6-14(13)20-4/h5-7,10H,8-9H2,1-4H3,(H2,16,17)/t10-/m0/s1. The lowest BCUT2D eigenvalue weighted by Gasteiger charge is -2.10. The molecule has 0 saturated heterocycles. The van der Waals surface area contributed by atoms with Gasteiger partial charge < -0.3 is 15.2 Å². The van der Waals surface area contributed by atoms with E-state index in [9.17, 15) is 4.79 Å². The van der Waals surface area contributed by atoms with Crippen LogP contribution in [0.2, 0.25) is 0 Å². The smallest absolute Gasteiger partial charge is 0.159 e. The third-order valence-electron chi connectivity index (χ3n) is 2.82. The van der Waals surface area contributed by atoms with Crippen molar-refractivity contribution >= 4 is 22.7 Å². The number of aliphatic imine (C=N–C) groups is 1. The van der Waals surface area contributed by atoms with Crippen molar-refractivity contribution in [1.82, 2.24) is 0 Å². The maximum atomic E-state index is 11.4. The molecule has 0 bridgehead atoms. The average molecular weight is 310 g/mol. The molecule has 0 aliphatic carbocycles. The molecule has 21 heavy (non-hydrogen) atoms. The number of carbonyl (C=O) groups excluding carboxylic acids is 1. The number of nitrogens with two attached hydrogens (primary N) is 1. The zero-order valence-corrected chi connectivity index (χ0v) is 13.7. The Morgan fingerprint density at radius 2 is 2.14 bits per heavy atom. The van der Waals surface area contributed by atoms with E-state index in [-0.39, 0.29) is 11.8 Å². The van der Waals surface area contributed by atoms with Crippen molar-refractivity contribution < 1.29 is 14.3 Å². The second-order valence-corrected chi connectivity index (χ2v) is 5.64. The number of thioether (sulfide) groups is 1. The minimum absolute atomic E-state index is 0.0212. The molecular formula is C15H22N2O3S. The number of ketones is 1. The number of amidine groups is 1. The highest BCUT2D eigenvalue weighted by atomic mass is 32.2. The summed E-state index contributed by atoms with van der Waals surface area (Å²) < 4.78 is 10.3. The van der Waals surface area contributed by atoms with Crippen LogP contribution in [0.5, 0.6) is 5.75 Å². The fraction of sp³-hybridized carbons (Fsp3) is 0.467. The maximum Gasteiger partial charge on any atom is 0.159 e. The zero-order chi connectivity index (χ0) is 15.8. The second kappa shape index (κ2) is 8.69. The van der Waals surface area contributed by atoms with E-state index in [0.717, 1.165) is 11.3 Å². The van der Waals surface area contributed by atoms with Gasteiger partial charge in [0, 0.05) is 24.0 Å². The number of benzene rings is 1. The fourth-order valence-corrected chi connectivity index (χ4v) is 2.58. The van der Waals surface area contributed by atoms with Crippen molar-refractivity contribution in [2.24, 2.45) is 10.7 Å². The van der Waals surface area contributed by atoms with Crippen LogP contribution in [0.4, 0.5) is 0 Å². The van der Waals surface area contributed by atoms with Crippen molar-refractivity contribution in [2.45, 2.75) is 25.6 Å². The van der Waals surface area contributed by atoms with Gasteiger partial charge >= 0.3 is 0 Å². The summed E-state index contributed by atoms with van der Waals surface area (Å²) in [6, 6.07) is 5.41. The topological polar surface area (TPSA) is 73.9 Å². The summed E-state index contributed by atoms with van der Waals surface area (Å²) >= 11 is 1.41. The first-order chi connectivity index (χ1) is 9.97. The van der Waals surface area contributed by atoms with Crippen LogP contribution in [0.25, 0.3) is 0 Å². The highest BCUT2D eigenvalue weighted by Gasteiger charge is 2.09. The number of methoxy groups -OCH3 is 2. The molecule has 1 aromatic rings. The molecule has 0 aromatic heterocycles. The molecule has 5 nitrogen and oxygen atoms in total. The lowest BCUT2D eigenvalue weighted by molar-refractivity contribution is 0.101. The van der Waals surface area contributed by atoms with Gasteiger partial charge in [-0.25, -0.2) is 0 Å². The molecule has 0 spiro atoms. The lowest BCUT2D eigenvalue weighted by atomic mass is 10.1. The molecule has 2 N–H and O–H groups in total. The number of hydrogen-bond donors (Lipinski definition) is 1. The summed E-state index contributed by atoms with van der Waals surface area (Å²) in [5.41, 5.74) is 7.48. The van der Waals surface area contributed by atoms with Crippen LogP contribution in [0.1, 0.15) is 29.8 Å². The number of ether oxygens (including phenoxy) is 2. The Kier molecular flexibility index (Phi) is 7.25. The molecule has 6 heteroatoms. The Morgan fingerprint density at radius 3 is 2.71 bits per heavy atom. The minimum Gasteiger partial charge on any atom is -0.496 e. The first-order valence-corrected chi connectivity index (χ1v) is 7.59. The van der Waals surface area contributed by atoms with Crippen LogP contribution in [0, 0.1) is 0 Å². The van der Waals surface area contributed by atoms with Gasteiger partial charge in [-0.15, -0.1) is 0 Å². The number of hydrogen-bond acceptors (Lipinski definition) is 5. The van der Waals surface area contributed by atoms with Gasteiger partial charge in [0.2, 0.25) is 0 Å². The van der Waals surface area contributed by atoms with E-state index in [1.54, 1.807) is 33.3 Å². The molecule has 0 unspecified atom stereocenters. The van der Waals surface area contributed by atoms with Gasteiger partial charge in [-0.2, -0.15) is 0 Å². The van der Waals surface area contributed by atoms with Gasteiger partial charge in [-0.1, -0.05) is 11.8 Å². The van der Waals surface area contributed by atoms with Crippen molar-refractivity contribution in [3.05, 3.63) is 29.3 Å². The highest BCUT2D eigenvalue weighted by molar-refractivity contribution is 8.13. The van der Waals surface area contributed by atoms with Crippen LogP contribution in [-0.2, 0) is 10.5 Å². The van der Waals surface area contributed by atoms with Crippen molar-refractivity contribution in [2.75, 3.05) is 20.8 Å². The van der Waals surface area contributed by atoms with Crippen LogP contribution in [0.15, 0.2) is 23.2 Å². The Morgan fingerprint density at radius 1 is 1.43 bits per heavy atom. The molecule has 0 amide bonds. The molecule has 116 valence electrons. The van der Waals surface area contributed by atoms with Gasteiger partial charge in [0.1, 0.15) is 5.75 Å². The summed E-state index contributed by atoms with van der Waals surface area (Å²) in [6.07, 6.45) is 0. The Labute approximate surface area is 129 Å². The number of rotatable bonds is 7. The molecule has 0 saturated carbocycles. The average Bonchev–Trinajstić information content (AvgIpc) is 2.44. The molecule has 1 rings (SSSR count). The summed E-state index contributed by atoms with van der Waals surface area (Å²) in [5, 5.41) is 0.495. The maximum absolute atomic E-state index is 11.4. The van der Waals surface area contributed by atoms with Crippen LogP contribution in [-0.4, -0.2) is 37.8 Å². The SMILES string of the molecule is COC[C@H](C)N=C(N)SCc1cc(C(C)=O)ccc1OC. The lowest BCUT2D eigenvalue weighted by Crippen LogP contribution is -2.15. The minimum atomic E-state index is 0.0212. The molecule has 1 aromatic carbocycles. The third kappa shape index (κ3) is 5.77. The van der Waals surface area contributed by atoms with Gasteiger partial charge in [0.05, 0.1) is 19.8 Å².